The van der Waals surface area contributed by atoms with E-state index < -0.39 is 6.09 Å². The zero-order chi connectivity index (χ0) is 11.0. The third kappa shape index (κ3) is 6.68. The molecule has 0 heterocycles. The third-order valence-electron chi connectivity index (χ3n) is 2.18. The molecule has 0 aromatic carbocycles. The maximum atomic E-state index is 10.2. The summed E-state index contributed by atoms with van der Waals surface area (Å²) >= 11 is 0. The Bertz CT molecular complexity index is 162. The fourth-order valence-electron chi connectivity index (χ4n) is 1.10. The molecular weight excluding hydrogens is 182 g/mol. The maximum absolute atomic E-state index is 10.2. The van der Waals surface area contributed by atoms with Crippen molar-refractivity contribution in [3.05, 3.63) is 0 Å². The van der Waals surface area contributed by atoms with Gasteiger partial charge in [0.2, 0.25) is 0 Å². The molecule has 0 radical (unpaired) electrons. The monoisotopic (exact) mass is 203 g/mol. The molecule has 0 rings (SSSR count). The molecule has 84 valence electrons. The Morgan fingerprint density at radius 3 is 2.57 bits per heavy atom. The fraction of sp³-hybridized carbons (Fsp3) is 0.889. The van der Waals surface area contributed by atoms with Gasteiger partial charge in [0, 0.05) is 6.54 Å². The predicted molar refractivity (Wildman–Crippen MR) is 55.8 cm³/mol. The van der Waals surface area contributed by atoms with E-state index >= 15 is 0 Å². The largest absolute Gasteiger partial charge is 0.448 e. The lowest BCUT2D eigenvalue weighted by Gasteiger charge is -2.19. The number of rotatable bonds is 7. The summed E-state index contributed by atoms with van der Waals surface area (Å²) in [5, 5.41) is 3.16. The van der Waals surface area contributed by atoms with Crippen molar-refractivity contribution in [2.45, 2.75) is 13.8 Å². The Morgan fingerprint density at radius 2 is 2.14 bits per heavy atom. The molecule has 1 unspecified atom stereocenters. The van der Waals surface area contributed by atoms with Gasteiger partial charge in [0.1, 0.15) is 6.61 Å². The van der Waals surface area contributed by atoms with E-state index in [-0.39, 0.29) is 0 Å². The van der Waals surface area contributed by atoms with Crippen LogP contribution in [0.2, 0.25) is 0 Å². The van der Waals surface area contributed by atoms with Crippen molar-refractivity contribution in [2.75, 3.05) is 26.2 Å². The highest BCUT2D eigenvalue weighted by Crippen LogP contribution is 2.06. The molecule has 5 heteroatoms. The van der Waals surface area contributed by atoms with Crippen LogP contribution in [0.25, 0.3) is 0 Å². The number of nitrogens with two attached hydrogens (primary N) is 2. The van der Waals surface area contributed by atoms with Gasteiger partial charge in [0.05, 0.1) is 0 Å². The number of carbonyl (C=O) groups is 1. The number of carbonyl (C=O) groups excluding carboxylic acids is 1. The first-order chi connectivity index (χ1) is 6.57. The van der Waals surface area contributed by atoms with Gasteiger partial charge < -0.3 is 21.5 Å². The number of nitrogens with one attached hydrogen (secondary N) is 1. The highest BCUT2D eigenvalue weighted by molar-refractivity contribution is 5.64. The summed E-state index contributed by atoms with van der Waals surface area (Å²) in [5.41, 5.74) is 10.4. The summed E-state index contributed by atoms with van der Waals surface area (Å²) in [6.07, 6.45) is -0.731. The molecule has 5 nitrogen and oxygen atoms in total. The molecule has 1 amide bonds. The van der Waals surface area contributed by atoms with Crippen LogP contribution in [0.3, 0.4) is 0 Å². The second-order valence-corrected chi connectivity index (χ2v) is 3.61. The van der Waals surface area contributed by atoms with Crippen LogP contribution in [0.1, 0.15) is 13.8 Å². The molecule has 0 bridgehead atoms. The summed E-state index contributed by atoms with van der Waals surface area (Å²) in [7, 11) is 0. The van der Waals surface area contributed by atoms with E-state index in [1.165, 1.54) is 0 Å². The molecule has 0 saturated heterocycles. The minimum atomic E-state index is -0.731. The predicted octanol–water partition coefficient (Wildman–Crippen LogP) is -0.0978. The van der Waals surface area contributed by atoms with Crippen LogP contribution < -0.4 is 16.8 Å². The molecule has 0 aliphatic heterocycles. The topological polar surface area (TPSA) is 90.4 Å². The van der Waals surface area contributed by atoms with Gasteiger partial charge in [-0.3, -0.25) is 0 Å². The second-order valence-electron chi connectivity index (χ2n) is 3.61. The van der Waals surface area contributed by atoms with Crippen molar-refractivity contribution in [1.29, 1.82) is 0 Å². The molecule has 0 aliphatic carbocycles. The summed E-state index contributed by atoms with van der Waals surface area (Å²) in [5.74, 6) is 1.02. The van der Waals surface area contributed by atoms with Crippen molar-refractivity contribution in [3.8, 4) is 0 Å². The van der Waals surface area contributed by atoms with E-state index in [9.17, 15) is 4.79 Å². The first-order valence-electron chi connectivity index (χ1n) is 4.91. The first kappa shape index (κ1) is 13.2. The number of hydrogen-bond donors (Lipinski definition) is 3. The molecule has 14 heavy (non-hydrogen) atoms. The van der Waals surface area contributed by atoms with Crippen LogP contribution >= 0.6 is 0 Å². The van der Waals surface area contributed by atoms with Gasteiger partial charge in [-0.2, -0.15) is 0 Å². The highest BCUT2D eigenvalue weighted by atomic mass is 16.5. The van der Waals surface area contributed by atoms with Gasteiger partial charge in [0.15, 0.2) is 0 Å². The quantitative estimate of drug-likeness (QED) is 0.504. The van der Waals surface area contributed by atoms with Crippen LogP contribution in [0.4, 0.5) is 4.79 Å². The van der Waals surface area contributed by atoms with Crippen LogP contribution in [0.5, 0.6) is 0 Å². The fourth-order valence-corrected chi connectivity index (χ4v) is 1.10. The minimum absolute atomic E-state index is 0.310. The maximum Gasteiger partial charge on any atom is 0.404 e. The lowest BCUT2D eigenvalue weighted by molar-refractivity contribution is 0.156. The lowest BCUT2D eigenvalue weighted by Crippen LogP contribution is -2.33. The smallest absolute Gasteiger partial charge is 0.404 e. The Morgan fingerprint density at radius 1 is 1.50 bits per heavy atom. The molecule has 0 saturated carbocycles. The molecule has 0 aliphatic rings. The summed E-state index contributed by atoms with van der Waals surface area (Å²) in [6.45, 7) is 6.72. The van der Waals surface area contributed by atoms with Gasteiger partial charge in [0.25, 0.3) is 0 Å². The first-order valence-corrected chi connectivity index (χ1v) is 4.91. The number of hydrogen-bond acceptors (Lipinski definition) is 4. The van der Waals surface area contributed by atoms with Crippen molar-refractivity contribution >= 4 is 6.09 Å². The Kier molecular flexibility index (Phi) is 7.14. The molecule has 0 fully saturated rings. The van der Waals surface area contributed by atoms with E-state index in [1.54, 1.807) is 0 Å². The van der Waals surface area contributed by atoms with Crippen LogP contribution in [0.15, 0.2) is 0 Å². The normalized spacial score (nSPS) is 12.9. The summed E-state index contributed by atoms with van der Waals surface area (Å²) < 4.78 is 4.56. The van der Waals surface area contributed by atoms with Crippen LogP contribution in [-0.4, -0.2) is 32.3 Å². The van der Waals surface area contributed by atoms with E-state index in [1.807, 2.05) is 0 Å². The van der Waals surface area contributed by atoms with Crippen molar-refractivity contribution in [1.82, 2.24) is 5.32 Å². The SMILES string of the molecule is CC(C)C(CN)CNCCOC(N)=O. The Labute approximate surface area is 85.2 Å². The second kappa shape index (κ2) is 7.58. The van der Waals surface area contributed by atoms with E-state index in [2.05, 4.69) is 23.9 Å². The minimum Gasteiger partial charge on any atom is -0.448 e. The number of amides is 1. The average molecular weight is 203 g/mol. The van der Waals surface area contributed by atoms with Gasteiger partial charge >= 0.3 is 6.09 Å². The molecule has 5 N–H and O–H groups in total. The Hall–Kier alpha value is -0.810. The van der Waals surface area contributed by atoms with E-state index in [0.717, 1.165) is 6.54 Å². The lowest BCUT2D eigenvalue weighted by atomic mass is 9.96. The van der Waals surface area contributed by atoms with E-state index in [0.29, 0.717) is 31.5 Å². The number of primary amides is 1. The average Bonchev–Trinajstić information content (AvgIpc) is 2.10. The van der Waals surface area contributed by atoms with Crippen molar-refractivity contribution < 1.29 is 9.53 Å². The third-order valence-corrected chi connectivity index (χ3v) is 2.18. The zero-order valence-corrected chi connectivity index (χ0v) is 8.95. The number of ether oxygens (including phenoxy) is 1. The van der Waals surface area contributed by atoms with Crippen molar-refractivity contribution in [2.24, 2.45) is 23.3 Å². The summed E-state index contributed by atoms with van der Waals surface area (Å²) in [4.78, 5) is 10.2. The van der Waals surface area contributed by atoms with E-state index in [4.69, 9.17) is 11.5 Å². The molecule has 0 spiro atoms. The molecule has 0 aromatic rings. The van der Waals surface area contributed by atoms with Crippen LogP contribution in [-0.2, 0) is 4.74 Å². The molecule has 0 aromatic heterocycles. The highest BCUT2D eigenvalue weighted by Gasteiger charge is 2.10. The van der Waals surface area contributed by atoms with Crippen molar-refractivity contribution in [3.63, 3.8) is 0 Å². The van der Waals surface area contributed by atoms with Gasteiger partial charge in [-0.1, -0.05) is 13.8 Å². The Balaban J connectivity index is 3.38. The summed E-state index contributed by atoms with van der Waals surface area (Å²) in [6, 6.07) is 0. The van der Waals surface area contributed by atoms with Gasteiger partial charge in [-0.05, 0) is 24.9 Å². The van der Waals surface area contributed by atoms with Crippen LogP contribution in [0, 0.1) is 11.8 Å². The molecular formula is C9H21N3O2. The van der Waals surface area contributed by atoms with Gasteiger partial charge in [-0.25, -0.2) is 4.79 Å². The molecule has 1 atom stereocenters. The van der Waals surface area contributed by atoms with Gasteiger partial charge in [-0.15, -0.1) is 0 Å². The zero-order valence-electron chi connectivity index (χ0n) is 8.95. The standard InChI is InChI=1S/C9H21N3O2/c1-7(2)8(5-10)6-12-3-4-14-9(11)13/h7-8,12H,3-6,10H2,1-2H3,(H2,11,13).